The van der Waals surface area contributed by atoms with E-state index < -0.39 is 119 Å². The van der Waals surface area contributed by atoms with Crippen LogP contribution in [0.15, 0.2) is 0 Å². The zero-order chi connectivity index (χ0) is 46.2. The standard InChI is InChI=1S/C30H90O13Si14/c1-44(2,3)31-54(32-45(4,5)6,33-46(7,8)9)41-56(37-50(19,20)21,38-51(22,23)24)43-57(39-52(25,26)27,40-53(28,29)30)42-55(34-47(10,11)12,35-48(13,14)15)36-49(16,17)18/h1-30H3. The van der Waals surface area contributed by atoms with Crippen molar-refractivity contribution in [3.05, 3.63) is 0 Å². The fraction of sp³-hybridized carbons (Fsp3) is 1.00. The SMILES string of the molecule is C[Si](C)(C)O[Si](O[Si](C)(C)C)(O[Si](C)(C)C)O[Si](O[Si](C)(C)C)(O[Si](C)(C)C)O[Si](O[Si](C)(C)C)(O[Si](C)(C)C)O[Si](O[Si](C)(C)C)(O[Si](C)(C)C)O[Si](C)(C)C. The van der Waals surface area contributed by atoms with E-state index in [9.17, 15) is 0 Å². The lowest BCUT2D eigenvalue weighted by molar-refractivity contribution is 0.0139. The van der Waals surface area contributed by atoms with Crippen molar-refractivity contribution in [2.75, 3.05) is 0 Å². The van der Waals surface area contributed by atoms with E-state index in [0.717, 1.165) is 0 Å². The second-order valence-corrected chi connectivity index (χ2v) is 81.3. The van der Waals surface area contributed by atoms with Gasteiger partial charge in [0.25, 0.3) is 0 Å². The van der Waals surface area contributed by atoms with E-state index in [1.807, 2.05) is 0 Å². The highest BCUT2D eigenvalue weighted by Crippen LogP contribution is 2.40. The summed E-state index contributed by atoms with van der Waals surface area (Å²) in [6.45, 7) is 63.1. The maximum absolute atomic E-state index is 7.69. The highest BCUT2D eigenvalue weighted by Gasteiger charge is 2.73. The maximum Gasteiger partial charge on any atom is 0.646 e. The summed E-state index contributed by atoms with van der Waals surface area (Å²) in [7, 11) is -43.0. The van der Waals surface area contributed by atoms with Crippen LogP contribution in [0.1, 0.15) is 0 Å². The molecule has 0 aromatic carbocycles. The lowest BCUT2D eigenvalue weighted by atomic mass is 11.8. The smallest absolute Gasteiger partial charge is 0.396 e. The van der Waals surface area contributed by atoms with Crippen LogP contribution in [0.3, 0.4) is 0 Å². The summed E-state index contributed by atoms with van der Waals surface area (Å²) in [6.07, 6.45) is 0. The molecule has 0 fully saturated rings. The summed E-state index contributed by atoms with van der Waals surface area (Å²) in [6, 6.07) is 0. The Morgan fingerprint density at radius 1 is 0.123 bits per heavy atom. The van der Waals surface area contributed by atoms with Crippen molar-refractivity contribution in [1.82, 2.24) is 0 Å². The molecule has 0 radical (unpaired) electrons. The van der Waals surface area contributed by atoms with Crippen molar-refractivity contribution in [2.45, 2.75) is 196 Å². The fourth-order valence-corrected chi connectivity index (χ4v) is 51.4. The summed E-state index contributed by atoms with van der Waals surface area (Å²) in [5.41, 5.74) is 0. The van der Waals surface area contributed by atoms with Crippen LogP contribution in [0.2, 0.25) is 196 Å². The first-order valence-corrected chi connectivity index (χ1v) is 60.9. The topological polar surface area (TPSA) is 120 Å². The molecule has 0 N–H and O–H groups in total. The summed E-state index contributed by atoms with van der Waals surface area (Å²) in [5.74, 6) is 0. The molecule has 0 bridgehead atoms. The minimum atomic E-state index is -4.61. The van der Waals surface area contributed by atoms with Gasteiger partial charge in [0.15, 0.2) is 83.2 Å². The Kier molecular flexibility index (Phi) is 20.4. The molecular formula is C30H90O13Si14. The Morgan fingerprint density at radius 2 is 0.193 bits per heavy atom. The van der Waals surface area contributed by atoms with E-state index >= 15 is 0 Å². The third-order valence-electron chi connectivity index (χ3n) is 5.06. The Labute approximate surface area is 366 Å². The molecule has 0 heterocycles. The third kappa shape index (κ3) is 28.8. The van der Waals surface area contributed by atoms with Crippen molar-refractivity contribution in [3.63, 3.8) is 0 Å². The van der Waals surface area contributed by atoms with Crippen LogP contribution in [0.5, 0.6) is 0 Å². The van der Waals surface area contributed by atoms with Gasteiger partial charge in [-0.05, 0) is 196 Å². The molecule has 0 aromatic rings. The molecule has 0 saturated heterocycles. The fourth-order valence-electron chi connectivity index (χ4n) is 4.71. The molecule has 0 rings (SSSR count). The predicted octanol–water partition coefficient (Wildman–Crippen LogP) is 11.3. The van der Waals surface area contributed by atoms with Gasteiger partial charge in [0.1, 0.15) is 0 Å². The van der Waals surface area contributed by atoms with Gasteiger partial charge in [-0.1, -0.05) is 0 Å². The van der Waals surface area contributed by atoms with Gasteiger partial charge in [-0.25, -0.2) is 0 Å². The zero-order valence-electron chi connectivity index (χ0n) is 42.3. The van der Waals surface area contributed by atoms with E-state index in [2.05, 4.69) is 196 Å². The second-order valence-electron chi connectivity index (χ2n) is 24.5. The molecule has 344 valence electrons. The van der Waals surface area contributed by atoms with Crippen molar-refractivity contribution < 1.29 is 53.5 Å². The quantitative estimate of drug-likeness (QED) is 0.0765. The maximum atomic E-state index is 7.69. The Hall–Kier alpha value is 2.52. The Morgan fingerprint density at radius 3 is 0.263 bits per heavy atom. The lowest BCUT2D eigenvalue weighted by Crippen LogP contribution is -2.77. The third-order valence-corrected chi connectivity index (χ3v) is 45.6. The molecule has 0 spiro atoms. The molecule has 13 nitrogen and oxygen atoms in total. The zero-order valence-corrected chi connectivity index (χ0v) is 56.3. The van der Waals surface area contributed by atoms with Gasteiger partial charge in [-0.15, -0.1) is 0 Å². The molecule has 0 amide bonds. The molecular weight excluding hydrogens is 962 g/mol. The monoisotopic (exact) mass is 1050 g/mol. The Balaban J connectivity index is 9.14. The van der Waals surface area contributed by atoms with Crippen LogP contribution in [-0.2, 0) is 53.5 Å². The predicted molar refractivity (Wildman–Crippen MR) is 271 cm³/mol. The molecule has 0 aliphatic heterocycles. The van der Waals surface area contributed by atoms with E-state index in [-0.39, 0.29) is 0 Å². The molecule has 0 aliphatic carbocycles. The molecule has 0 atom stereocenters. The van der Waals surface area contributed by atoms with Crippen molar-refractivity contribution >= 4 is 119 Å². The summed E-state index contributed by atoms with van der Waals surface area (Å²) in [5, 5.41) is 0. The summed E-state index contributed by atoms with van der Waals surface area (Å²) < 4.78 is 95.0. The van der Waals surface area contributed by atoms with Crippen LogP contribution >= 0.6 is 0 Å². The summed E-state index contributed by atoms with van der Waals surface area (Å²) in [4.78, 5) is 0. The van der Waals surface area contributed by atoms with E-state index in [1.165, 1.54) is 0 Å². The molecule has 27 heteroatoms. The van der Waals surface area contributed by atoms with Crippen LogP contribution in [0, 0.1) is 0 Å². The van der Waals surface area contributed by atoms with Crippen LogP contribution in [-0.4, -0.2) is 119 Å². The highest BCUT2D eigenvalue weighted by atomic mass is 28.6. The van der Waals surface area contributed by atoms with Gasteiger partial charge >= 0.3 is 36.2 Å². The van der Waals surface area contributed by atoms with E-state index in [4.69, 9.17) is 53.5 Å². The lowest BCUT2D eigenvalue weighted by Gasteiger charge is -2.50. The van der Waals surface area contributed by atoms with E-state index in [1.54, 1.807) is 0 Å². The minimum Gasteiger partial charge on any atom is -0.396 e. The van der Waals surface area contributed by atoms with Gasteiger partial charge in [-0.3, -0.25) is 0 Å². The molecule has 57 heavy (non-hydrogen) atoms. The first-order chi connectivity index (χ1) is 24.2. The van der Waals surface area contributed by atoms with Crippen LogP contribution in [0.25, 0.3) is 0 Å². The van der Waals surface area contributed by atoms with Gasteiger partial charge in [0, 0.05) is 0 Å². The number of hydrogen-bond donors (Lipinski definition) is 0. The first kappa shape index (κ1) is 59.5. The first-order valence-electron chi connectivity index (χ1n) is 20.3. The normalized spacial score (nSPS) is 16.1. The summed E-state index contributed by atoms with van der Waals surface area (Å²) >= 11 is 0. The Bertz CT molecular complexity index is 1050. The average molecular weight is 1050 g/mol. The van der Waals surface area contributed by atoms with Crippen molar-refractivity contribution in [3.8, 4) is 0 Å². The van der Waals surface area contributed by atoms with Gasteiger partial charge in [0.2, 0.25) is 0 Å². The van der Waals surface area contributed by atoms with Crippen LogP contribution < -0.4 is 0 Å². The number of rotatable bonds is 26. The highest BCUT2D eigenvalue weighted by molar-refractivity contribution is 6.97. The van der Waals surface area contributed by atoms with Crippen molar-refractivity contribution in [2.24, 2.45) is 0 Å². The molecule has 0 unspecified atom stereocenters. The second kappa shape index (κ2) is 19.5. The molecule has 0 aromatic heterocycles. The van der Waals surface area contributed by atoms with E-state index in [0.29, 0.717) is 0 Å². The molecule has 0 saturated carbocycles. The minimum absolute atomic E-state index is 2.09. The van der Waals surface area contributed by atoms with Gasteiger partial charge in [0.05, 0.1) is 0 Å². The van der Waals surface area contributed by atoms with Gasteiger partial charge < -0.3 is 53.5 Å². The van der Waals surface area contributed by atoms with Gasteiger partial charge in [-0.2, -0.15) is 0 Å². The largest absolute Gasteiger partial charge is 0.646 e. The van der Waals surface area contributed by atoms with Crippen LogP contribution in [0.4, 0.5) is 0 Å². The average Bonchev–Trinajstić information content (AvgIpc) is 2.63. The van der Waals surface area contributed by atoms with Crippen molar-refractivity contribution in [1.29, 1.82) is 0 Å². The molecule has 0 aliphatic rings. The number of hydrogen-bond acceptors (Lipinski definition) is 13.